The Hall–Kier alpha value is -2.05. The van der Waals surface area contributed by atoms with Crippen molar-refractivity contribution in [2.75, 3.05) is 5.32 Å². The summed E-state index contributed by atoms with van der Waals surface area (Å²) < 4.78 is 35.6. The summed E-state index contributed by atoms with van der Waals surface area (Å²) in [7, 11) is 0. The Labute approximate surface area is 101 Å². The van der Waals surface area contributed by atoms with Gasteiger partial charge in [0.05, 0.1) is 0 Å². The first-order valence-electron chi connectivity index (χ1n) is 4.96. The van der Waals surface area contributed by atoms with Crippen LogP contribution in [0.15, 0.2) is 18.2 Å². The van der Waals surface area contributed by atoms with Crippen LogP contribution in [0.1, 0.15) is 11.1 Å². The Morgan fingerprint density at radius 2 is 1.72 bits per heavy atom. The van der Waals surface area contributed by atoms with Gasteiger partial charge in [-0.1, -0.05) is 6.07 Å². The van der Waals surface area contributed by atoms with Crippen LogP contribution >= 0.6 is 0 Å². The summed E-state index contributed by atoms with van der Waals surface area (Å²) >= 11 is 0. The highest BCUT2D eigenvalue weighted by atomic mass is 19.4. The molecule has 1 aromatic rings. The Morgan fingerprint density at radius 1 is 1.11 bits per heavy atom. The van der Waals surface area contributed by atoms with E-state index in [-0.39, 0.29) is 0 Å². The minimum absolute atomic E-state index is 0.311. The molecule has 0 bridgehead atoms. The monoisotopic (exact) mass is 260 g/mol. The number of halogens is 3. The Balaban J connectivity index is 2.65. The highest BCUT2D eigenvalue weighted by Crippen LogP contribution is 2.15. The fourth-order valence-corrected chi connectivity index (χ4v) is 1.16. The van der Waals surface area contributed by atoms with Crippen molar-refractivity contribution in [3.63, 3.8) is 0 Å². The molecule has 0 spiro atoms. The molecule has 0 aromatic heterocycles. The molecular formula is C11H11F3N2O2. The van der Waals surface area contributed by atoms with Crippen LogP contribution in [0.2, 0.25) is 0 Å². The lowest BCUT2D eigenvalue weighted by Gasteiger charge is -2.09. The molecule has 0 aliphatic rings. The van der Waals surface area contributed by atoms with Crippen molar-refractivity contribution < 1.29 is 22.8 Å². The SMILES string of the molecule is Cc1ccc(NC(=O)NC(=O)C(F)(F)F)cc1C. The summed E-state index contributed by atoms with van der Waals surface area (Å²) in [6.45, 7) is 3.64. The summed E-state index contributed by atoms with van der Waals surface area (Å²) in [5.41, 5.74) is 2.16. The number of carbonyl (C=O) groups is 2. The molecule has 3 amide bonds. The first-order valence-corrected chi connectivity index (χ1v) is 4.96. The van der Waals surface area contributed by atoms with E-state index >= 15 is 0 Å². The maximum Gasteiger partial charge on any atom is 0.471 e. The van der Waals surface area contributed by atoms with Crippen LogP contribution in [0.5, 0.6) is 0 Å². The minimum atomic E-state index is -5.08. The molecule has 0 unspecified atom stereocenters. The van der Waals surface area contributed by atoms with Gasteiger partial charge in [0.25, 0.3) is 0 Å². The first-order chi connectivity index (χ1) is 8.20. The van der Waals surface area contributed by atoms with Crippen LogP contribution in [-0.4, -0.2) is 18.1 Å². The van der Waals surface area contributed by atoms with E-state index in [9.17, 15) is 22.8 Å². The predicted molar refractivity (Wildman–Crippen MR) is 59.1 cm³/mol. The molecule has 0 aliphatic carbocycles. The van der Waals surface area contributed by atoms with Gasteiger partial charge in [-0.3, -0.25) is 10.1 Å². The fraction of sp³-hybridized carbons (Fsp3) is 0.273. The molecule has 1 aromatic carbocycles. The van der Waals surface area contributed by atoms with E-state index in [0.29, 0.717) is 5.69 Å². The second-order valence-electron chi connectivity index (χ2n) is 3.71. The van der Waals surface area contributed by atoms with Crippen LogP contribution < -0.4 is 10.6 Å². The number of urea groups is 1. The number of nitrogens with one attached hydrogen (secondary N) is 2. The topological polar surface area (TPSA) is 58.2 Å². The summed E-state index contributed by atoms with van der Waals surface area (Å²) in [4.78, 5) is 21.6. The van der Waals surface area contributed by atoms with E-state index in [2.05, 4.69) is 5.32 Å². The van der Waals surface area contributed by atoms with Gasteiger partial charge in [0.15, 0.2) is 0 Å². The van der Waals surface area contributed by atoms with Crippen LogP contribution in [-0.2, 0) is 4.79 Å². The number of alkyl halides is 3. The smallest absolute Gasteiger partial charge is 0.308 e. The highest BCUT2D eigenvalue weighted by Gasteiger charge is 2.39. The maximum absolute atomic E-state index is 11.9. The highest BCUT2D eigenvalue weighted by molar-refractivity contribution is 6.02. The van der Waals surface area contributed by atoms with Crippen LogP contribution in [0, 0.1) is 13.8 Å². The number of hydrogen-bond acceptors (Lipinski definition) is 2. The summed E-state index contributed by atoms with van der Waals surface area (Å²) in [6.07, 6.45) is -5.08. The van der Waals surface area contributed by atoms with Gasteiger partial charge >= 0.3 is 18.1 Å². The average Bonchev–Trinajstić information content (AvgIpc) is 2.22. The quantitative estimate of drug-likeness (QED) is 0.815. The number of aryl methyl sites for hydroxylation is 2. The molecule has 4 nitrogen and oxygen atoms in total. The molecule has 0 atom stereocenters. The molecule has 0 fully saturated rings. The van der Waals surface area contributed by atoms with E-state index in [0.717, 1.165) is 11.1 Å². The van der Waals surface area contributed by atoms with Gasteiger partial charge in [-0.25, -0.2) is 4.79 Å². The largest absolute Gasteiger partial charge is 0.471 e. The fourth-order valence-electron chi connectivity index (χ4n) is 1.16. The average molecular weight is 260 g/mol. The molecule has 1 rings (SSSR count). The predicted octanol–water partition coefficient (Wildman–Crippen LogP) is 2.51. The second kappa shape index (κ2) is 5.07. The molecule has 2 N–H and O–H groups in total. The molecule has 0 radical (unpaired) electrons. The number of benzene rings is 1. The Bertz CT molecular complexity index is 484. The lowest BCUT2D eigenvalue weighted by molar-refractivity contribution is -0.172. The lowest BCUT2D eigenvalue weighted by Crippen LogP contribution is -2.42. The molecule has 0 saturated heterocycles. The van der Waals surface area contributed by atoms with Gasteiger partial charge in [0.1, 0.15) is 0 Å². The Kier molecular flexibility index (Phi) is 3.95. The zero-order valence-electron chi connectivity index (χ0n) is 9.68. The zero-order chi connectivity index (χ0) is 13.9. The number of anilines is 1. The molecule has 18 heavy (non-hydrogen) atoms. The van der Waals surface area contributed by atoms with E-state index in [4.69, 9.17) is 0 Å². The van der Waals surface area contributed by atoms with Crippen LogP contribution in [0.3, 0.4) is 0 Å². The lowest BCUT2D eigenvalue weighted by atomic mass is 10.1. The van der Waals surface area contributed by atoms with E-state index in [1.54, 1.807) is 19.1 Å². The molecule has 0 heterocycles. The number of amides is 3. The first kappa shape index (κ1) is 14.0. The summed E-state index contributed by atoms with van der Waals surface area (Å²) in [6, 6.07) is 3.60. The number of rotatable bonds is 1. The standard InChI is InChI=1S/C11H11F3N2O2/c1-6-3-4-8(5-7(6)2)15-10(18)16-9(17)11(12,13)14/h3-5H,1-2H3,(H2,15,16,17,18). The minimum Gasteiger partial charge on any atom is -0.308 e. The van der Waals surface area contributed by atoms with Crippen molar-refractivity contribution in [3.8, 4) is 0 Å². The Morgan fingerprint density at radius 3 is 2.22 bits per heavy atom. The third kappa shape index (κ3) is 3.76. The number of hydrogen-bond donors (Lipinski definition) is 2. The van der Waals surface area contributed by atoms with Crippen molar-refractivity contribution >= 4 is 17.6 Å². The van der Waals surface area contributed by atoms with Crippen molar-refractivity contribution in [2.45, 2.75) is 20.0 Å². The zero-order valence-corrected chi connectivity index (χ0v) is 9.68. The van der Waals surface area contributed by atoms with Gasteiger partial charge in [-0.05, 0) is 37.1 Å². The van der Waals surface area contributed by atoms with Gasteiger partial charge < -0.3 is 5.32 Å². The van der Waals surface area contributed by atoms with Gasteiger partial charge in [0.2, 0.25) is 0 Å². The molecule has 0 saturated carbocycles. The third-order valence-corrected chi connectivity index (χ3v) is 2.25. The van der Waals surface area contributed by atoms with Gasteiger partial charge in [-0.2, -0.15) is 13.2 Å². The summed E-state index contributed by atoms with van der Waals surface area (Å²) in [5, 5.41) is 3.33. The second-order valence-corrected chi connectivity index (χ2v) is 3.71. The maximum atomic E-state index is 11.9. The van der Waals surface area contributed by atoms with Gasteiger partial charge in [0, 0.05) is 5.69 Å². The molecule has 98 valence electrons. The summed E-state index contributed by atoms with van der Waals surface area (Å²) in [5.74, 6) is -2.30. The van der Waals surface area contributed by atoms with Crippen molar-refractivity contribution in [3.05, 3.63) is 29.3 Å². The van der Waals surface area contributed by atoms with Crippen LogP contribution in [0.25, 0.3) is 0 Å². The van der Waals surface area contributed by atoms with E-state index in [1.807, 2.05) is 6.92 Å². The third-order valence-electron chi connectivity index (χ3n) is 2.25. The van der Waals surface area contributed by atoms with E-state index in [1.165, 1.54) is 11.4 Å². The molecular weight excluding hydrogens is 249 g/mol. The van der Waals surface area contributed by atoms with E-state index < -0.39 is 18.1 Å². The van der Waals surface area contributed by atoms with Crippen molar-refractivity contribution in [1.29, 1.82) is 0 Å². The number of carbonyl (C=O) groups excluding carboxylic acids is 2. The molecule has 0 aliphatic heterocycles. The van der Waals surface area contributed by atoms with Crippen molar-refractivity contribution in [1.82, 2.24) is 5.32 Å². The normalized spacial score (nSPS) is 10.9. The molecule has 7 heteroatoms. The number of imide groups is 1. The van der Waals surface area contributed by atoms with Crippen molar-refractivity contribution in [2.24, 2.45) is 0 Å². The van der Waals surface area contributed by atoms with Gasteiger partial charge in [-0.15, -0.1) is 0 Å². The van der Waals surface area contributed by atoms with Crippen LogP contribution in [0.4, 0.5) is 23.7 Å².